The maximum atomic E-state index is 11.1. The molecule has 1 aromatic carbocycles. The smallest absolute Gasteiger partial charge is 0.320 e. The molecule has 21 heavy (non-hydrogen) atoms. The van der Waals surface area contributed by atoms with Crippen LogP contribution in [0, 0.1) is 6.92 Å². The van der Waals surface area contributed by atoms with Crippen molar-refractivity contribution in [2.75, 3.05) is 0 Å². The van der Waals surface area contributed by atoms with Crippen LogP contribution in [0.2, 0.25) is 0 Å². The third kappa shape index (κ3) is 2.22. The number of hydrogen-bond donors (Lipinski definition) is 3. The molecule has 3 rings (SSSR count). The van der Waals surface area contributed by atoms with Gasteiger partial charge in [-0.2, -0.15) is 0 Å². The summed E-state index contributed by atoms with van der Waals surface area (Å²) in [4.78, 5) is 11.1. The van der Waals surface area contributed by atoms with E-state index < -0.39 is 12.0 Å². The van der Waals surface area contributed by atoms with Crippen molar-refractivity contribution in [1.29, 1.82) is 0 Å². The first-order chi connectivity index (χ1) is 10.0. The molecule has 2 aromatic rings. The maximum Gasteiger partial charge on any atom is 0.320 e. The van der Waals surface area contributed by atoms with E-state index in [0.29, 0.717) is 6.42 Å². The molecule has 112 valence electrons. The number of nitrogens with zero attached hydrogens (tertiary/aromatic N) is 1. The van der Waals surface area contributed by atoms with Crippen LogP contribution in [0.4, 0.5) is 0 Å². The second-order valence-electron chi connectivity index (χ2n) is 5.70. The summed E-state index contributed by atoms with van der Waals surface area (Å²) in [6, 6.07) is 3.58. The highest BCUT2D eigenvalue weighted by atomic mass is 16.4. The molecule has 1 aliphatic rings. The third-order valence-corrected chi connectivity index (χ3v) is 4.46. The van der Waals surface area contributed by atoms with Gasteiger partial charge in [0.15, 0.2) is 0 Å². The van der Waals surface area contributed by atoms with Gasteiger partial charge in [0.05, 0.1) is 0 Å². The fourth-order valence-corrected chi connectivity index (χ4v) is 3.31. The SMILES string of the molecule is CCn1c(C)c(CC(N)C(=O)O)c2cc3c(cc21)CNC3. The van der Waals surface area contributed by atoms with E-state index in [0.717, 1.165) is 36.3 Å². The van der Waals surface area contributed by atoms with Crippen molar-refractivity contribution in [2.45, 2.75) is 45.9 Å². The topological polar surface area (TPSA) is 80.3 Å². The molecule has 0 fully saturated rings. The molecule has 0 saturated heterocycles. The van der Waals surface area contributed by atoms with Gasteiger partial charge < -0.3 is 20.7 Å². The Morgan fingerprint density at radius 2 is 2.10 bits per heavy atom. The van der Waals surface area contributed by atoms with Crippen molar-refractivity contribution in [2.24, 2.45) is 5.73 Å². The van der Waals surface area contributed by atoms with Crippen LogP contribution in [0.25, 0.3) is 10.9 Å². The monoisotopic (exact) mass is 287 g/mol. The quantitative estimate of drug-likeness (QED) is 0.796. The molecule has 0 aliphatic carbocycles. The highest BCUT2D eigenvalue weighted by Crippen LogP contribution is 2.31. The van der Waals surface area contributed by atoms with Crippen LogP contribution < -0.4 is 11.1 Å². The number of rotatable bonds is 4. The van der Waals surface area contributed by atoms with Gasteiger partial charge in [0, 0.05) is 42.7 Å². The number of fused-ring (bicyclic) bond motifs is 2. The van der Waals surface area contributed by atoms with Gasteiger partial charge in [-0.3, -0.25) is 4.79 Å². The summed E-state index contributed by atoms with van der Waals surface area (Å²) in [5.74, 6) is -0.949. The van der Waals surface area contributed by atoms with E-state index in [1.807, 2.05) is 0 Å². The number of aromatic nitrogens is 1. The third-order valence-electron chi connectivity index (χ3n) is 4.46. The Balaban J connectivity index is 2.18. The largest absolute Gasteiger partial charge is 0.480 e. The second kappa shape index (κ2) is 5.16. The molecule has 2 heterocycles. The number of aliphatic carboxylic acids is 1. The average Bonchev–Trinajstić information content (AvgIpc) is 3.00. The Morgan fingerprint density at radius 1 is 1.43 bits per heavy atom. The van der Waals surface area contributed by atoms with Crippen LogP contribution in [0.1, 0.15) is 29.3 Å². The van der Waals surface area contributed by atoms with Crippen LogP contribution >= 0.6 is 0 Å². The minimum atomic E-state index is -0.949. The zero-order chi connectivity index (χ0) is 15.1. The molecule has 1 atom stereocenters. The predicted molar refractivity (Wildman–Crippen MR) is 82.2 cm³/mol. The number of benzene rings is 1. The van der Waals surface area contributed by atoms with Crippen LogP contribution in [-0.4, -0.2) is 21.7 Å². The second-order valence-corrected chi connectivity index (χ2v) is 5.70. The van der Waals surface area contributed by atoms with Gasteiger partial charge >= 0.3 is 5.97 Å². The summed E-state index contributed by atoms with van der Waals surface area (Å²) in [6.45, 7) is 6.82. The molecule has 1 aromatic heterocycles. The van der Waals surface area contributed by atoms with Crippen molar-refractivity contribution in [3.05, 3.63) is 34.5 Å². The number of carboxylic acids is 1. The molecule has 5 nitrogen and oxygen atoms in total. The molecule has 0 spiro atoms. The lowest BCUT2D eigenvalue weighted by atomic mass is 10.00. The fourth-order valence-electron chi connectivity index (χ4n) is 3.31. The molecular weight excluding hydrogens is 266 g/mol. The normalized spacial score (nSPS) is 15.4. The van der Waals surface area contributed by atoms with Crippen LogP contribution in [0.5, 0.6) is 0 Å². The predicted octanol–water partition coefficient (Wildman–Crippen LogP) is 1.53. The molecule has 5 heteroatoms. The van der Waals surface area contributed by atoms with E-state index in [2.05, 4.69) is 35.9 Å². The lowest BCUT2D eigenvalue weighted by molar-refractivity contribution is -0.138. The first-order valence-corrected chi connectivity index (χ1v) is 7.35. The Hall–Kier alpha value is -1.85. The first kappa shape index (κ1) is 14.1. The van der Waals surface area contributed by atoms with E-state index in [1.165, 1.54) is 16.6 Å². The van der Waals surface area contributed by atoms with Gasteiger partial charge in [0.2, 0.25) is 0 Å². The number of hydrogen-bond acceptors (Lipinski definition) is 3. The zero-order valence-corrected chi connectivity index (χ0v) is 12.4. The minimum absolute atomic E-state index is 0.372. The van der Waals surface area contributed by atoms with Crippen molar-refractivity contribution in [3.8, 4) is 0 Å². The molecule has 1 unspecified atom stereocenters. The molecule has 1 aliphatic heterocycles. The van der Waals surface area contributed by atoms with E-state index in [9.17, 15) is 4.79 Å². The molecule has 4 N–H and O–H groups in total. The Kier molecular flexibility index (Phi) is 3.47. The average molecular weight is 287 g/mol. The highest BCUT2D eigenvalue weighted by molar-refractivity contribution is 5.88. The Bertz CT molecular complexity index is 718. The minimum Gasteiger partial charge on any atom is -0.480 e. The summed E-state index contributed by atoms with van der Waals surface area (Å²) < 4.78 is 2.25. The van der Waals surface area contributed by atoms with Crippen LogP contribution in [-0.2, 0) is 30.8 Å². The number of carboxylic acid groups (broad SMARTS) is 1. The van der Waals surface area contributed by atoms with Gasteiger partial charge in [0.25, 0.3) is 0 Å². The van der Waals surface area contributed by atoms with E-state index in [4.69, 9.17) is 10.8 Å². The van der Waals surface area contributed by atoms with Gasteiger partial charge in [-0.25, -0.2) is 0 Å². The maximum absolute atomic E-state index is 11.1. The highest BCUT2D eigenvalue weighted by Gasteiger charge is 2.21. The summed E-state index contributed by atoms with van der Waals surface area (Å²) in [6.07, 6.45) is 0.372. The molecule has 0 saturated carbocycles. The summed E-state index contributed by atoms with van der Waals surface area (Å²) in [5, 5.41) is 13.6. The van der Waals surface area contributed by atoms with Gasteiger partial charge in [-0.15, -0.1) is 0 Å². The van der Waals surface area contributed by atoms with Crippen LogP contribution in [0.15, 0.2) is 12.1 Å². The van der Waals surface area contributed by atoms with Gasteiger partial charge in [0.1, 0.15) is 6.04 Å². The number of nitrogens with one attached hydrogen (secondary N) is 1. The van der Waals surface area contributed by atoms with E-state index >= 15 is 0 Å². The first-order valence-electron chi connectivity index (χ1n) is 7.35. The van der Waals surface area contributed by atoms with E-state index in [-0.39, 0.29) is 0 Å². The lowest BCUT2D eigenvalue weighted by Gasteiger charge is -2.08. The molecular formula is C16H21N3O2. The standard InChI is InChI=1S/C16H21N3O2/c1-3-19-9(2)12(6-14(17)16(20)21)13-4-10-7-18-8-11(10)5-15(13)19/h4-5,14,18H,3,6-8,17H2,1-2H3,(H,20,21). The molecule has 0 bridgehead atoms. The number of aryl methyl sites for hydroxylation is 1. The van der Waals surface area contributed by atoms with Gasteiger partial charge in [-0.05, 0) is 42.7 Å². The Morgan fingerprint density at radius 3 is 2.71 bits per heavy atom. The summed E-state index contributed by atoms with van der Waals surface area (Å²) in [7, 11) is 0. The molecule has 0 radical (unpaired) electrons. The van der Waals surface area contributed by atoms with E-state index in [1.54, 1.807) is 0 Å². The Labute approximate surface area is 123 Å². The fraction of sp³-hybridized carbons (Fsp3) is 0.438. The lowest BCUT2D eigenvalue weighted by Crippen LogP contribution is -2.32. The molecule has 0 amide bonds. The summed E-state index contributed by atoms with van der Waals surface area (Å²) >= 11 is 0. The summed E-state index contributed by atoms with van der Waals surface area (Å²) in [5.41, 5.74) is 11.8. The van der Waals surface area contributed by atoms with Crippen molar-refractivity contribution in [1.82, 2.24) is 9.88 Å². The van der Waals surface area contributed by atoms with Crippen LogP contribution in [0.3, 0.4) is 0 Å². The van der Waals surface area contributed by atoms with Crippen molar-refractivity contribution >= 4 is 16.9 Å². The number of carbonyl (C=O) groups is 1. The van der Waals surface area contributed by atoms with Gasteiger partial charge in [-0.1, -0.05) is 0 Å². The number of nitrogens with two attached hydrogens (primary N) is 1. The van der Waals surface area contributed by atoms with Crippen molar-refractivity contribution in [3.63, 3.8) is 0 Å². The van der Waals surface area contributed by atoms with Crippen molar-refractivity contribution < 1.29 is 9.90 Å². The zero-order valence-electron chi connectivity index (χ0n) is 12.4.